The number of rotatable bonds is 4. The monoisotopic (exact) mass is 316 g/mol. The highest BCUT2D eigenvalue weighted by atomic mass is 19.2. The van der Waals surface area contributed by atoms with Crippen molar-refractivity contribution < 1.29 is 13.2 Å². The molecule has 1 aromatic heterocycles. The van der Waals surface area contributed by atoms with E-state index in [-0.39, 0.29) is 5.69 Å². The summed E-state index contributed by atoms with van der Waals surface area (Å²) in [6.07, 6.45) is 1.27. The number of aromatic nitrogens is 2. The molecule has 0 spiro atoms. The van der Waals surface area contributed by atoms with Gasteiger partial charge in [-0.1, -0.05) is 12.1 Å². The first-order valence-electron chi connectivity index (χ1n) is 6.67. The maximum Gasteiger partial charge on any atom is 0.160 e. The molecule has 1 heterocycles. The van der Waals surface area contributed by atoms with Crippen LogP contribution in [0.1, 0.15) is 0 Å². The Morgan fingerprint density at radius 1 is 0.696 bits per heavy atom. The van der Waals surface area contributed by atoms with Gasteiger partial charge in [0, 0.05) is 17.8 Å². The molecule has 2 N–H and O–H groups in total. The minimum absolute atomic E-state index is 0.268. The van der Waals surface area contributed by atoms with Crippen molar-refractivity contribution >= 4 is 23.0 Å². The van der Waals surface area contributed by atoms with Gasteiger partial charge in [-0.2, -0.15) is 0 Å². The summed E-state index contributed by atoms with van der Waals surface area (Å²) in [6.45, 7) is 0. The fraction of sp³-hybridized carbons (Fsp3) is 0. The van der Waals surface area contributed by atoms with E-state index < -0.39 is 17.5 Å². The van der Waals surface area contributed by atoms with Gasteiger partial charge in [-0.05, 0) is 24.3 Å². The Morgan fingerprint density at radius 2 is 1.43 bits per heavy atom. The number of hydrogen-bond acceptors (Lipinski definition) is 4. The van der Waals surface area contributed by atoms with Gasteiger partial charge in [0.05, 0.1) is 5.69 Å². The van der Waals surface area contributed by atoms with Crippen LogP contribution in [0, 0.1) is 17.5 Å². The standard InChI is InChI=1S/C16H11F3N4/c17-11-6-5-10(7-13(11)19)22-15-8-16(21-9-20-15)23-14-4-2-1-3-12(14)18/h1-9H,(H2,20,21,22,23). The minimum atomic E-state index is -0.964. The van der Waals surface area contributed by atoms with Crippen molar-refractivity contribution in [3.63, 3.8) is 0 Å². The molecule has 0 fully saturated rings. The van der Waals surface area contributed by atoms with Crippen molar-refractivity contribution in [2.24, 2.45) is 0 Å². The lowest BCUT2D eigenvalue weighted by Crippen LogP contribution is -2.00. The van der Waals surface area contributed by atoms with Crippen LogP contribution in [0.3, 0.4) is 0 Å². The van der Waals surface area contributed by atoms with Crippen molar-refractivity contribution in [2.45, 2.75) is 0 Å². The van der Waals surface area contributed by atoms with Gasteiger partial charge < -0.3 is 10.6 Å². The summed E-state index contributed by atoms with van der Waals surface area (Å²) in [7, 11) is 0. The summed E-state index contributed by atoms with van der Waals surface area (Å²) >= 11 is 0. The Hall–Kier alpha value is -3.09. The first-order valence-corrected chi connectivity index (χ1v) is 6.67. The number of benzene rings is 2. The van der Waals surface area contributed by atoms with E-state index in [1.54, 1.807) is 18.2 Å². The summed E-state index contributed by atoms with van der Waals surface area (Å²) < 4.78 is 39.7. The number of hydrogen-bond donors (Lipinski definition) is 2. The molecule has 0 aliphatic rings. The molecule has 0 radical (unpaired) electrons. The molecule has 0 saturated carbocycles. The summed E-state index contributed by atoms with van der Waals surface area (Å²) in [6, 6.07) is 11.1. The van der Waals surface area contributed by atoms with Crippen LogP contribution >= 0.6 is 0 Å². The third-order valence-corrected chi connectivity index (χ3v) is 3.00. The fourth-order valence-corrected chi connectivity index (χ4v) is 1.92. The van der Waals surface area contributed by atoms with Crippen molar-refractivity contribution in [1.29, 1.82) is 0 Å². The Morgan fingerprint density at radius 3 is 2.17 bits per heavy atom. The van der Waals surface area contributed by atoms with E-state index in [9.17, 15) is 13.2 Å². The normalized spacial score (nSPS) is 10.4. The number of para-hydroxylation sites is 1. The SMILES string of the molecule is Fc1ccc(Nc2cc(Nc3ccccc3F)ncn2)cc1F. The smallest absolute Gasteiger partial charge is 0.160 e. The van der Waals surface area contributed by atoms with Gasteiger partial charge in [0.15, 0.2) is 11.6 Å². The van der Waals surface area contributed by atoms with Gasteiger partial charge >= 0.3 is 0 Å². The molecule has 0 amide bonds. The van der Waals surface area contributed by atoms with Crippen LogP contribution in [0.4, 0.5) is 36.2 Å². The predicted octanol–water partition coefficient (Wildman–Crippen LogP) is 4.38. The second kappa shape index (κ2) is 6.35. The third-order valence-electron chi connectivity index (χ3n) is 3.00. The van der Waals surface area contributed by atoms with Crippen molar-refractivity contribution in [3.05, 3.63) is 72.3 Å². The molecule has 0 saturated heterocycles. The van der Waals surface area contributed by atoms with E-state index in [2.05, 4.69) is 20.6 Å². The number of halogens is 3. The van der Waals surface area contributed by atoms with Crippen molar-refractivity contribution in [3.8, 4) is 0 Å². The van der Waals surface area contributed by atoms with Gasteiger partial charge in [-0.15, -0.1) is 0 Å². The van der Waals surface area contributed by atoms with E-state index in [1.807, 2.05) is 0 Å². The van der Waals surface area contributed by atoms with Crippen molar-refractivity contribution in [1.82, 2.24) is 9.97 Å². The van der Waals surface area contributed by atoms with E-state index in [4.69, 9.17) is 0 Å². The van der Waals surface area contributed by atoms with E-state index in [1.165, 1.54) is 24.5 Å². The van der Waals surface area contributed by atoms with Gasteiger partial charge in [0.2, 0.25) is 0 Å². The fourth-order valence-electron chi connectivity index (χ4n) is 1.92. The zero-order valence-electron chi connectivity index (χ0n) is 11.7. The predicted molar refractivity (Wildman–Crippen MR) is 81.4 cm³/mol. The zero-order valence-corrected chi connectivity index (χ0v) is 11.7. The Bertz CT molecular complexity index is 839. The Labute approximate surface area is 130 Å². The quantitative estimate of drug-likeness (QED) is 0.750. The molecule has 0 aliphatic carbocycles. The van der Waals surface area contributed by atoms with Crippen LogP contribution in [0.2, 0.25) is 0 Å². The van der Waals surface area contributed by atoms with E-state index in [0.717, 1.165) is 12.1 Å². The molecule has 3 rings (SSSR count). The molecule has 0 aliphatic heterocycles. The molecule has 3 aromatic rings. The molecular weight excluding hydrogens is 305 g/mol. The van der Waals surface area contributed by atoms with Crippen LogP contribution in [-0.4, -0.2) is 9.97 Å². The molecule has 23 heavy (non-hydrogen) atoms. The van der Waals surface area contributed by atoms with Crippen LogP contribution in [0.15, 0.2) is 54.9 Å². The average molecular weight is 316 g/mol. The van der Waals surface area contributed by atoms with E-state index >= 15 is 0 Å². The summed E-state index contributed by atoms with van der Waals surface area (Å²) in [5, 5.41) is 5.64. The van der Waals surface area contributed by atoms with Gasteiger partial charge in [0.1, 0.15) is 23.8 Å². The Balaban J connectivity index is 1.79. The van der Waals surface area contributed by atoms with Crippen LogP contribution in [0.5, 0.6) is 0 Å². The van der Waals surface area contributed by atoms with Crippen LogP contribution in [0.25, 0.3) is 0 Å². The summed E-state index contributed by atoms with van der Waals surface area (Å²) in [5.74, 6) is -1.60. The second-order valence-electron chi connectivity index (χ2n) is 4.65. The second-order valence-corrected chi connectivity index (χ2v) is 4.65. The molecule has 2 aromatic carbocycles. The number of nitrogens with zero attached hydrogens (tertiary/aromatic N) is 2. The molecular formula is C16H11F3N4. The largest absolute Gasteiger partial charge is 0.340 e. The van der Waals surface area contributed by atoms with Crippen LogP contribution in [-0.2, 0) is 0 Å². The van der Waals surface area contributed by atoms with E-state index in [0.29, 0.717) is 17.3 Å². The highest BCUT2D eigenvalue weighted by Gasteiger charge is 2.06. The molecule has 0 bridgehead atoms. The first kappa shape index (κ1) is 14.8. The third kappa shape index (κ3) is 3.57. The lowest BCUT2D eigenvalue weighted by atomic mass is 10.3. The molecule has 4 nitrogen and oxygen atoms in total. The van der Waals surface area contributed by atoms with Crippen molar-refractivity contribution in [2.75, 3.05) is 10.6 Å². The maximum absolute atomic E-state index is 13.6. The molecule has 0 atom stereocenters. The summed E-state index contributed by atoms with van der Waals surface area (Å²) in [4.78, 5) is 7.96. The van der Waals surface area contributed by atoms with Crippen LogP contribution < -0.4 is 10.6 Å². The highest BCUT2D eigenvalue weighted by Crippen LogP contribution is 2.21. The maximum atomic E-state index is 13.6. The lowest BCUT2D eigenvalue weighted by molar-refractivity contribution is 0.509. The first-order chi connectivity index (χ1) is 11.1. The number of nitrogens with one attached hydrogen (secondary N) is 2. The molecule has 116 valence electrons. The highest BCUT2D eigenvalue weighted by molar-refractivity contribution is 5.63. The average Bonchev–Trinajstić information content (AvgIpc) is 2.54. The topological polar surface area (TPSA) is 49.8 Å². The van der Waals surface area contributed by atoms with Gasteiger partial charge in [-0.25, -0.2) is 23.1 Å². The molecule has 0 unspecified atom stereocenters. The molecule has 7 heteroatoms. The summed E-state index contributed by atoms with van der Waals surface area (Å²) in [5.41, 5.74) is 0.601. The minimum Gasteiger partial charge on any atom is -0.340 e. The van der Waals surface area contributed by atoms with Gasteiger partial charge in [0.25, 0.3) is 0 Å². The number of anilines is 4. The Kier molecular flexibility index (Phi) is 4.09. The lowest BCUT2D eigenvalue weighted by Gasteiger charge is -2.09. The zero-order chi connectivity index (χ0) is 16.2. The van der Waals surface area contributed by atoms with Gasteiger partial charge in [-0.3, -0.25) is 0 Å².